The van der Waals surface area contributed by atoms with E-state index >= 15 is 0 Å². The summed E-state index contributed by atoms with van der Waals surface area (Å²) in [5.41, 5.74) is -1.48. The van der Waals surface area contributed by atoms with E-state index in [-0.39, 0.29) is 10.8 Å². The first-order valence-corrected chi connectivity index (χ1v) is 6.14. The Balaban J connectivity index is 2.53. The van der Waals surface area contributed by atoms with Gasteiger partial charge in [0.1, 0.15) is 0 Å². The van der Waals surface area contributed by atoms with Crippen molar-refractivity contribution in [2.75, 3.05) is 0 Å². The molecule has 2 nitrogen and oxygen atoms in total. The van der Waals surface area contributed by atoms with Crippen LogP contribution in [-0.2, 0) is 15.7 Å². The third-order valence-corrected chi connectivity index (χ3v) is 3.91. The van der Waals surface area contributed by atoms with Gasteiger partial charge in [-0.15, -0.1) is 11.3 Å². The minimum absolute atomic E-state index is 0.0196. The van der Waals surface area contributed by atoms with Gasteiger partial charge in [-0.25, -0.2) is 0 Å². The summed E-state index contributed by atoms with van der Waals surface area (Å²) in [6.07, 6.45) is -6.22. The average molecular weight is 261 g/mol. The lowest BCUT2D eigenvalue weighted by Crippen LogP contribution is -2.41. The molecular weight excluding hydrogens is 231 g/mol. The van der Waals surface area contributed by atoms with E-state index in [1.807, 2.05) is 0 Å². The van der Waals surface area contributed by atoms with E-state index in [9.17, 15) is 0 Å². The Morgan fingerprint density at radius 1 is 1.41 bits per heavy atom. The van der Waals surface area contributed by atoms with E-state index in [0.717, 1.165) is 0 Å². The molecule has 1 fully saturated rings. The van der Waals surface area contributed by atoms with Crippen LogP contribution in [-0.4, -0.2) is 18.3 Å². The monoisotopic (exact) mass is 261 g/mol. The molecule has 0 radical (unpaired) electrons. The van der Waals surface area contributed by atoms with Gasteiger partial charge in [0.15, 0.2) is 0 Å². The molecule has 0 bridgehead atoms. The molecule has 0 N–H and O–H groups in total. The molecule has 1 aromatic heterocycles. The standard InChI is InChI=1S/C13H21BO2S/c1-6-7-11-8-10(9-17-11)14-15-12(2,3)13(4,5)16-14/h8-9H,6-7H2,1-5H3/i1D3,6D2,7D2,8D,9D. The molecule has 0 saturated carbocycles. The van der Waals surface area contributed by atoms with Crippen LogP contribution in [0.5, 0.6) is 0 Å². The van der Waals surface area contributed by atoms with E-state index in [2.05, 4.69) is 0 Å². The molecule has 0 unspecified atom stereocenters. The molecule has 1 saturated heterocycles. The van der Waals surface area contributed by atoms with Gasteiger partial charge in [0.2, 0.25) is 0 Å². The normalized spacial score (nSPS) is 32.2. The van der Waals surface area contributed by atoms with Crippen LogP contribution in [0.4, 0.5) is 0 Å². The zero-order chi connectivity index (χ0) is 20.5. The van der Waals surface area contributed by atoms with Crippen molar-refractivity contribution >= 4 is 23.9 Å². The second kappa shape index (κ2) is 4.41. The van der Waals surface area contributed by atoms with Crippen molar-refractivity contribution in [1.82, 2.24) is 0 Å². The highest BCUT2D eigenvalue weighted by Gasteiger charge is 2.51. The topological polar surface area (TPSA) is 18.5 Å². The van der Waals surface area contributed by atoms with Gasteiger partial charge < -0.3 is 9.31 Å². The minimum Gasteiger partial charge on any atom is -0.399 e. The Bertz CT molecular complexity index is 695. The van der Waals surface area contributed by atoms with Crippen molar-refractivity contribution in [2.24, 2.45) is 0 Å². The summed E-state index contributed by atoms with van der Waals surface area (Å²) in [4.78, 5) is -0.465. The maximum absolute atomic E-state index is 8.27. The number of rotatable bonds is 3. The van der Waals surface area contributed by atoms with Crippen molar-refractivity contribution in [1.29, 1.82) is 0 Å². The molecule has 94 valence electrons. The van der Waals surface area contributed by atoms with Crippen LogP contribution in [0.25, 0.3) is 0 Å². The van der Waals surface area contributed by atoms with Crippen LogP contribution < -0.4 is 5.46 Å². The number of thiophene rings is 1. The molecule has 1 aliphatic heterocycles. The molecule has 4 heteroatoms. The molecule has 0 aliphatic carbocycles. The van der Waals surface area contributed by atoms with Crippen LogP contribution in [0.3, 0.4) is 0 Å². The first kappa shape index (κ1) is 5.76. The Morgan fingerprint density at radius 2 is 2.06 bits per heavy atom. The van der Waals surface area contributed by atoms with Gasteiger partial charge in [-0.2, -0.15) is 0 Å². The average Bonchev–Trinajstić information content (AvgIpc) is 2.81. The molecule has 2 heterocycles. The fraction of sp³-hybridized carbons (Fsp3) is 0.692. The zero-order valence-electron chi connectivity index (χ0n) is 19.3. The molecule has 0 amide bonds. The first-order chi connectivity index (χ1) is 11.4. The van der Waals surface area contributed by atoms with E-state index < -0.39 is 48.8 Å². The number of hydrogen-bond acceptors (Lipinski definition) is 3. The predicted molar refractivity (Wildman–Crippen MR) is 74.0 cm³/mol. The quantitative estimate of drug-likeness (QED) is 0.779. The van der Waals surface area contributed by atoms with Gasteiger partial charge in [-0.05, 0) is 50.9 Å². The lowest BCUT2D eigenvalue weighted by Gasteiger charge is -2.32. The molecule has 0 atom stereocenters. The van der Waals surface area contributed by atoms with Crippen molar-refractivity contribution in [3.8, 4) is 0 Å². The van der Waals surface area contributed by atoms with E-state index in [1.165, 1.54) is 0 Å². The molecular formula is C13H21BO2S. The van der Waals surface area contributed by atoms with E-state index in [0.29, 0.717) is 11.3 Å². The maximum atomic E-state index is 8.27. The summed E-state index contributed by atoms with van der Waals surface area (Å²) in [6.45, 7) is 3.93. The first-order valence-electron chi connectivity index (χ1n) is 9.83. The molecule has 1 aromatic rings. The van der Waals surface area contributed by atoms with Gasteiger partial charge in [0.05, 0.1) is 13.9 Å². The lowest BCUT2D eigenvalue weighted by atomic mass is 9.81. The second-order valence-electron chi connectivity index (χ2n) is 4.91. The highest BCUT2D eigenvalue weighted by molar-refractivity contribution is 7.11. The SMILES string of the molecule is [2H]c1sc(C([2H])([2H])C([2H])([2H])C([2H])([2H])[2H])c([2H])c1B1OC(C)(C)C(C)(C)O1. The van der Waals surface area contributed by atoms with Crippen LogP contribution >= 0.6 is 11.3 Å². The molecule has 0 aromatic carbocycles. The zero-order valence-corrected chi connectivity index (χ0v) is 11.1. The van der Waals surface area contributed by atoms with Gasteiger partial charge in [-0.3, -0.25) is 0 Å². The highest BCUT2D eigenvalue weighted by Crippen LogP contribution is 2.36. The number of aryl methyl sites for hydroxylation is 1. The van der Waals surface area contributed by atoms with Crippen molar-refractivity contribution in [3.63, 3.8) is 0 Å². The fourth-order valence-corrected chi connectivity index (χ4v) is 2.08. The van der Waals surface area contributed by atoms with Crippen molar-refractivity contribution < 1.29 is 21.6 Å². The maximum Gasteiger partial charge on any atom is 0.495 e. The van der Waals surface area contributed by atoms with Crippen molar-refractivity contribution in [2.45, 2.75) is 58.5 Å². The second-order valence-corrected chi connectivity index (χ2v) is 5.73. The van der Waals surface area contributed by atoms with Gasteiger partial charge in [-0.1, -0.05) is 13.2 Å². The Labute approximate surface area is 121 Å². The highest BCUT2D eigenvalue weighted by atomic mass is 32.1. The largest absolute Gasteiger partial charge is 0.495 e. The minimum atomic E-state index is -3.24. The van der Waals surface area contributed by atoms with Crippen molar-refractivity contribution in [3.05, 3.63) is 16.3 Å². The lowest BCUT2D eigenvalue weighted by molar-refractivity contribution is 0.00578. The Hall–Kier alpha value is -0.315. The summed E-state index contributed by atoms with van der Waals surface area (Å²) in [6, 6.07) is -0.461. The molecule has 1 aliphatic rings. The summed E-state index contributed by atoms with van der Waals surface area (Å²) in [5, 5.41) is -0.214. The fourth-order valence-electron chi connectivity index (χ4n) is 1.46. The van der Waals surface area contributed by atoms with Crippen LogP contribution in [0.2, 0.25) is 0 Å². The molecule has 17 heavy (non-hydrogen) atoms. The predicted octanol–water partition coefficient (Wildman–Crippen LogP) is 3.00. The summed E-state index contributed by atoms with van der Waals surface area (Å²) in [5.74, 6) is 0. The van der Waals surface area contributed by atoms with Crippen LogP contribution in [0.15, 0.2) is 11.4 Å². The van der Waals surface area contributed by atoms with E-state index in [1.54, 1.807) is 27.7 Å². The third-order valence-electron chi connectivity index (χ3n) is 3.18. The molecule has 0 spiro atoms. The Morgan fingerprint density at radius 3 is 2.65 bits per heavy atom. The Kier molecular flexibility index (Phi) is 1.50. The summed E-state index contributed by atoms with van der Waals surface area (Å²) < 4.78 is 81.6. The summed E-state index contributed by atoms with van der Waals surface area (Å²) >= 11 is 0.532. The van der Waals surface area contributed by atoms with Crippen LogP contribution in [0, 0.1) is 0 Å². The summed E-state index contributed by atoms with van der Waals surface area (Å²) in [7, 11) is -1.08. The smallest absolute Gasteiger partial charge is 0.399 e. The van der Waals surface area contributed by atoms with Gasteiger partial charge in [0.25, 0.3) is 0 Å². The number of hydrogen-bond donors (Lipinski definition) is 0. The van der Waals surface area contributed by atoms with Gasteiger partial charge >= 0.3 is 7.12 Å². The van der Waals surface area contributed by atoms with E-state index in [4.69, 9.17) is 21.6 Å². The van der Waals surface area contributed by atoms with Crippen LogP contribution in [0.1, 0.15) is 58.1 Å². The molecule has 2 rings (SSSR count). The van der Waals surface area contributed by atoms with Gasteiger partial charge in [0, 0.05) is 14.5 Å². The third kappa shape index (κ3) is 2.44.